The molecule has 1 aromatic carbocycles. The van der Waals surface area contributed by atoms with Crippen molar-refractivity contribution < 1.29 is 18.1 Å². The summed E-state index contributed by atoms with van der Waals surface area (Å²) in [6, 6.07) is 7.75. The Morgan fingerprint density at radius 2 is 2.07 bits per heavy atom. The highest BCUT2D eigenvalue weighted by Crippen LogP contribution is 2.26. The summed E-state index contributed by atoms with van der Waals surface area (Å²) in [7, 11) is 1.54. The molecule has 5 aromatic rings. The van der Waals surface area contributed by atoms with Gasteiger partial charge in [-0.05, 0) is 37.3 Å². The van der Waals surface area contributed by atoms with Gasteiger partial charge in [0, 0.05) is 13.7 Å². The Hall–Kier alpha value is -3.79. The van der Waals surface area contributed by atoms with E-state index in [4.69, 9.17) is 13.7 Å². The van der Waals surface area contributed by atoms with Gasteiger partial charge in [0.05, 0.1) is 17.6 Å². The topological polar surface area (TPSA) is 101 Å². The van der Waals surface area contributed by atoms with E-state index in [1.165, 1.54) is 30.1 Å². The maximum Gasteiger partial charge on any atom is 0.293 e. The van der Waals surface area contributed by atoms with Crippen molar-refractivity contribution in [1.82, 2.24) is 24.1 Å². The minimum Gasteiger partial charge on any atom is -0.456 e. The number of hydrogen-bond donors (Lipinski definition) is 0. The molecule has 0 amide bonds. The highest BCUT2D eigenvalue weighted by Gasteiger charge is 2.22. The Labute approximate surface area is 168 Å². The largest absolute Gasteiger partial charge is 0.456 e. The normalized spacial score (nSPS) is 11.7. The number of methoxy groups -OCH3 is 1. The van der Waals surface area contributed by atoms with Crippen LogP contribution in [-0.2, 0) is 11.3 Å². The fraction of sp³-hybridized carbons (Fsp3) is 0.200. The quantitative estimate of drug-likeness (QED) is 0.440. The molecule has 4 heterocycles. The Kier molecular flexibility index (Phi) is 4.21. The molecular formula is C20H16FN5O4. The molecule has 0 N–H and O–H groups in total. The molecule has 0 aliphatic carbocycles. The SMILES string of the molecule is COCCn1c(=O)c2c(-c3noc(-c4ccc(C)o4)n3)ncn2c2ccc(F)cc21. The monoisotopic (exact) mass is 409 g/mol. The van der Waals surface area contributed by atoms with Gasteiger partial charge in [0.2, 0.25) is 5.82 Å². The summed E-state index contributed by atoms with van der Waals surface area (Å²) in [4.78, 5) is 22.0. The summed E-state index contributed by atoms with van der Waals surface area (Å²) in [5, 5.41) is 3.97. The number of fused-ring (bicyclic) bond motifs is 3. The second kappa shape index (κ2) is 6.92. The van der Waals surface area contributed by atoms with E-state index >= 15 is 0 Å². The first-order chi connectivity index (χ1) is 14.6. The van der Waals surface area contributed by atoms with Crippen molar-refractivity contribution in [2.75, 3.05) is 13.7 Å². The van der Waals surface area contributed by atoms with Crippen LogP contribution in [-0.4, -0.2) is 37.8 Å². The first-order valence-electron chi connectivity index (χ1n) is 9.16. The molecule has 30 heavy (non-hydrogen) atoms. The molecule has 152 valence electrons. The molecule has 0 radical (unpaired) electrons. The molecule has 0 bridgehead atoms. The van der Waals surface area contributed by atoms with Gasteiger partial charge in [-0.2, -0.15) is 4.98 Å². The van der Waals surface area contributed by atoms with E-state index in [0.717, 1.165) is 0 Å². The summed E-state index contributed by atoms with van der Waals surface area (Å²) in [5.74, 6) is 1.02. The zero-order chi connectivity index (χ0) is 20.8. The smallest absolute Gasteiger partial charge is 0.293 e. The third kappa shape index (κ3) is 2.80. The lowest BCUT2D eigenvalue weighted by Crippen LogP contribution is -2.25. The summed E-state index contributed by atoms with van der Waals surface area (Å²) in [6.07, 6.45) is 1.49. The molecule has 0 saturated heterocycles. The summed E-state index contributed by atoms with van der Waals surface area (Å²) in [6.45, 7) is 2.34. The van der Waals surface area contributed by atoms with Crippen LogP contribution in [0.4, 0.5) is 4.39 Å². The van der Waals surface area contributed by atoms with Crippen LogP contribution in [0.25, 0.3) is 39.7 Å². The van der Waals surface area contributed by atoms with Crippen molar-refractivity contribution in [3.8, 4) is 23.2 Å². The van der Waals surface area contributed by atoms with Crippen LogP contribution in [0.5, 0.6) is 0 Å². The van der Waals surface area contributed by atoms with Gasteiger partial charge in [-0.3, -0.25) is 9.20 Å². The fourth-order valence-electron chi connectivity index (χ4n) is 3.43. The van der Waals surface area contributed by atoms with Crippen LogP contribution < -0.4 is 5.56 Å². The van der Waals surface area contributed by atoms with Gasteiger partial charge in [0.15, 0.2) is 5.76 Å². The summed E-state index contributed by atoms with van der Waals surface area (Å²) >= 11 is 0. The van der Waals surface area contributed by atoms with Gasteiger partial charge in [0.1, 0.15) is 29.1 Å². The molecule has 0 atom stereocenters. The molecule has 0 unspecified atom stereocenters. The van der Waals surface area contributed by atoms with Crippen molar-refractivity contribution in [2.45, 2.75) is 13.5 Å². The van der Waals surface area contributed by atoms with Crippen LogP contribution in [0, 0.1) is 12.7 Å². The number of rotatable bonds is 5. The number of benzene rings is 1. The number of nitrogens with zero attached hydrogens (tertiary/aromatic N) is 5. The molecule has 0 aliphatic rings. The number of aromatic nitrogens is 5. The van der Waals surface area contributed by atoms with Gasteiger partial charge in [0.25, 0.3) is 11.4 Å². The van der Waals surface area contributed by atoms with Crippen molar-refractivity contribution in [3.63, 3.8) is 0 Å². The van der Waals surface area contributed by atoms with Gasteiger partial charge < -0.3 is 18.2 Å². The third-order valence-electron chi connectivity index (χ3n) is 4.81. The molecule has 9 nitrogen and oxygen atoms in total. The Bertz CT molecular complexity index is 1440. The summed E-state index contributed by atoms with van der Waals surface area (Å²) in [5.41, 5.74) is 1.21. The Morgan fingerprint density at radius 3 is 2.83 bits per heavy atom. The van der Waals surface area contributed by atoms with E-state index in [1.807, 2.05) is 0 Å². The molecule has 0 aliphatic heterocycles. The zero-order valence-corrected chi connectivity index (χ0v) is 16.1. The van der Waals surface area contributed by atoms with Crippen LogP contribution in [0.3, 0.4) is 0 Å². The first-order valence-corrected chi connectivity index (χ1v) is 9.16. The Balaban J connectivity index is 1.74. The maximum atomic E-state index is 13.9. The predicted molar refractivity (Wildman–Crippen MR) is 105 cm³/mol. The molecule has 10 heteroatoms. The van der Waals surface area contributed by atoms with Crippen molar-refractivity contribution >= 4 is 16.6 Å². The van der Waals surface area contributed by atoms with Gasteiger partial charge in [-0.1, -0.05) is 5.16 Å². The van der Waals surface area contributed by atoms with Gasteiger partial charge in [-0.25, -0.2) is 9.37 Å². The third-order valence-corrected chi connectivity index (χ3v) is 4.81. The molecule has 5 rings (SSSR count). The van der Waals surface area contributed by atoms with E-state index in [0.29, 0.717) is 22.6 Å². The van der Waals surface area contributed by atoms with Crippen LogP contribution in [0.15, 0.2) is 50.4 Å². The second-order valence-electron chi connectivity index (χ2n) is 6.73. The van der Waals surface area contributed by atoms with Crippen LogP contribution in [0.1, 0.15) is 5.76 Å². The molecule has 0 spiro atoms. The first kappa shape index (κ1) is 18.3. The van der Waals surface area contributed by atoms with Crippen LogP contribution >= 0.6 is 0 Å². The zero-order valence-electron chi connectivity index (χ0n) is 16.1. The molecule has 0 saturated carbocycles. The number of halogens is 1. The number of hydrogen-bond acceptors (Lipinski definition) is 7. The lowest BCUT2D eigenvalue weighted by molar-refractivity contribution is 0.187. The standard InChI is InChI=1S/C20H16FN5O4/c1-11-3-6-15(29-11)19-23-18(24-30-19)16-17-20(27)25(7-8-28-2)14-9-12(21)4-5-13(14)26(17)10-22-16/h3-6,9-10H,7-8H2,1-2H3. The number of aryl methyl sites for hydroxylation is 1. The van der Waals surface area contributed by atoms with E-state index in [2.05, 4.69) is 15.1 Å². The molecule has 4 aromatic heterocycles. The molecule has 0 fully saturated rings. The Morgan fingerprint density at radius 1 is 1.20 bits per heavy atom. The minimum atomic E-state index is -0.440. The van der Waals surface area contributed by atoms with Gasteiger partial charge >= 0.3 is 0 Å². The number of ether oxygens (including phenoxy) is 1. The minimum absolute atomic E-state index is 0.151. The van der Waals surface area contributed by atoms with Crippen molar-refractivity contribution in [3.05, 3.63) is 58.6 Å². The molecular weight excluding hydrogens is 393 g/mol. The van der Waals surface area contributed by atoms with E-state index < -0.39 is 5.82 Å². The number of imidazole rings is 1. The van der Waals surface area contributed by atoms with E-state index in [1.54, 1.807) is 29.5 Å². The van der Waals surface area contributed by atoms with Crippen molar-refractivity contribution in [1.29, 1.82) is 0 Å². The lowest BCUT2D eigenvalue weighted by Gasteiger charge is -2.12. The average molecular weight is 409 g/mol. The predicted octanol–water partition coefficient (Wildman–Crippen LogP) is 3.05. The van der Waals surface area contributed by atoms with E-state index in [-0.39, 0.29) is 41.6 Å². The highest BCUT2D eigenvalue weighted by molar-refractivity contribution is 5.83. The number of furan rings is 1. The second-order valence-corrected chi connectivity index (χ2v) is 6.73. The fourth-order valence-corrected chi connectivity index (χ4v) is 3.43. The average Bonchev–Trinajstić information content (AvgIpc) is 3.46. The maximum absolute atomic E-state index is 13.9. The highest BCUT2D eigenvalue weighted by atomic mass is 19.1. The lowest BCUT2D eigenvalue weighted by atomic mass is 10.2. The van der Waals surface area contributed by atoms with Crippen molar-refractivity contribution in [2.24, 2.45) is 0 Å². The van der Waals surface area contributed by atoms with Gasteiger partial charge in [-0.15, -0.1) is 0 Å². The summed E-state index contributed by atoms with van der Waals surface area (Å²) < 4.78 is 32.9. The van der Waals surface area contributed by atoms with Crippen LogP contribution in [0.2, 0.25) is 0 Å². The van der Waals surface area contributed by atoms with E-state index in [9.17, 15) is 9.18 Å².